The van der Waals surface area contributed by atoms with Gasteiger partial charge in [-0.3, -0.25) is 10.2 Å². The average molecular weight is 499 g/mol. The Hall–Kier alpha value is -3.31. The zero-order valence-electron chi connectivity index (χ0n) is 18.7. The number of nitrogens with one attached hydrogen (secondary N) is 1. The van der Waals surface area contributed by atoms with Gasteiger partial charge in [-0.05, 0) is 48.7 Å². The molecule has 1 aromatic carbocycles. The Morgan fingerprint density at radius 2 is 2.15 bits per heavy atom. The van der Waals surface area contributed by atoms with Gasteiger partial charge in [-0.25, -0.2) is 9.69 Å². The van der Waals surface area contributed by atoms with Crippen molar-refractivity contribution in [2.75, 3.05) is 12.4 Å². The van der Waals surface area contributed by atoms with Crippen LogP contribution in [0.5, 0.6) is 11.5 Å². The van der Waals surface area contributed by atoms with E-state index in [0.717, 1.165) is 17.7 Å². The summed E-state index contributed by atoms with van der Waals surface area (Å²) in [7, 11) is 0. The normalized spacial score (nSPS) is 16.6. The molecule has 1 aromatic heterocycles. The van der Waals surface area contributed by atoms with E-state index in [1.165, 1.54) is 24.1 Å². The molecule has 0 atom stereocenters. The third-order valence-corrected chi connectivity index (χ3v) is 6.73. The number of hydrogen-bond acceptors (Lipinski definition) is 9. The standard InChI is InChI=1S/C23H22N4O5S2/c1-4-30-18-11-14(7-8-16(18)32-21(29)17-6-5-9-31-17)10-15-19(24)27-22(25-20(15)28)34-26-23(27)33-12-13(2)3/h5-11,13,24H,4,12H2,1-3H3/b15-10-,24-19?. The molecule has 0 bridgehead atoms. The van der Waals surface area contributed by atoms with Crippen molar-refractivity contribution < 1.29 is 23.5 Å². The Morgan fingerprint density at radius 3 is 2.85 bits per heavy atom. The van der Waals surface area contributed by atoms with Crippen LogP contribution in [0, 0.1) is 11.3 Å². The zero-order valence-corrected chi connectivity index (χ0v) is 20.4. The SMILES string of the molecule is CCOc1cc(/C=C2/C(=N)N3C(SCC(C)C)=NSC3=NC2=O)ccc1OC(=O)c1ccco1. The third-order valence-electron chi connectivity index (χ3n) is 4.54. The van der Waals surface area contributed by atoms with E-state index >= 15 is 0 Å². The van der Waals surface area contributed by atoms with Gasteiger partial charge in [-0.2, -0.15) is 9.39 Å². The fourth-order valence-electron chi connectivity index (χ4n) is 3.01. The highest BCUT2D eigenvalue weighted by Crippen LogP contribution is 2.34. The van der Waals surface area contributed by atoms with Crippen LogP contribution in [0.4, 0.5) is 0 Å². The molecule has 9 nitrogen and oxygen atoms in total. The van der Waals surface area contributed by atoms with Gasteiger partial charge in [0.05, 0.1) is 30.4 Å². The lowest BCUT2D eigenvalue weighted by atomic mass is 10.1. The first-order valence-corrected chi connectivity index (χ1v) is 12.3. The maximum atomic E-state index is 12.7. The van der Waals surface area contributed by atoms with Crippen molar-refractivity contribution in [1.82, 2.24) is 4.90 Å². The topological polar surface area (TPSA) is 118 Å². The molecule has 1 N–H and O–H groups in total. The van der Waals surface area contributed by atoms with Crippen molar-refractivity contribution in [1.29, 1.82) is 5.41 Å². The first kappa shape index (κ1) is 23.8. The van der Waals surface area contributed by atoms with Crippen LogP contribution < -0.4 is 9.47 Å². The number of hydrogen-bond donors (Lipinski definition) is 1. The summed E-state index contributed by atoms with van der Waals surface area (Å²) >= 11 is 2.62. The minimum atomic E-state index is -0.652. The van der Waals surface area contributed by atoms with Crippen LogP contribution >= 0.6 is 23.7 Å². The van der Waals surface area contributed by atoms with Gasteiger partial charge >= 0.3 is 5.97 Å². The monoisotopic (exact) mass is 498 g/mol. The smallest absolute Gasteiger partial charge is 0.379 e. The van der Waals surface area contributed by atoms with E-state index in [2.05, 4.69) is 23.2 Å². The van der Waals surface area contributed by atoms with Crippen LogP contribution in [0.1, 0.15) is 36.9 Å². The Morgan fingerprint density at radius 1 is 1.32 bits per heavy atom. The van der Waals surface area contributed by atoms with Crippen LogP contribution in [0.2, 0.25) is 0 Å². The number of nitrogens with zero attached hydrogens (tertiary/aromatic N) is 3. The summed E-state index contributed by atoms with van der Waals surface area (Å²) in [6.07, 6.45) is 2.95. The van der Waals surface area contributed by atoms with Crippen molar-refractivity contribution in [3.8, 4) is 11.5 Å². The highest BCUT2D eigenvalue weighted by atomic mass is 32.2. The minimum Gasteiger partial charge on any atom is -0.490 e. The molecule has 176 valence electrons. The van der Waals surface area contributed by atoms with Gasteiger partial charge in [0.25, 0.3) is 5.91 Å². The minimum absolute atomic E-state index is 0.0151. The van der Waals surface area contributed by atoms with Gasteiger partial charge in [0.1, 0.15) is 5.84 Å². The largest absolute Gasteiger partial charge is 0.490 e. The van der Waals surface area contributed by atoms with Crippen LogP contribution in [-0.4, -0.2) is 45.3 Å². The summed E-state index contributed by atoms with van der Waals surface area (Å²) in [6.45, 7) is 6.35. The fraction of sp³-hybridized carbons (Fsp3) is 0.261. The molecule has 3 heterocycles. The third kappa shape index (κ3) is 5.10. The van der Waals surface area contributed by atoms with Crippen LogP contribution in [0.15, 0.2) is 56.0 Å². The van der Waals surface area contributed by atoms with E-state index in [1.54, 1.807) is 42.2 Å². The number of benzene rings is 1. The molecule has 0 saturated carbocycles. The average Bonchev–Trinajstić information content (AvgIpc) is 3.47. The molecule has 2 aliphatic rings. The lowest BCUT2D eigenvalue weighted by Crippen LogP contribution is -2.41. The number of amidine groups is 3. The van der Waals surface area contributed by atoms with E-state index in [0.29, 0.717) is 34.2 Å². The predicted molar refractivity (Wildman–Crippen MR) is 134 cm³/mol. The van der Waals surface area contributed by atoms with Crippen molar-refractivity contribution in [2.24, 2.45) is 15.3 Å². The molecular formula is C23H22N4O5S2. The molecule has 2 aliphatic heterocycles. The number of ether oxygens (including phenoxy) is 2. The van der Waals surface area contributed by atoms with Crippen molar-refractivity contribution in [2.45, 2.75) is 20.8 Å². The van der Waals surface area contributed by atoms with E-state index in [4.69, 9.17) is 19.3 Å². The number of carbonyl (C=O) groups excluding carboxylic acids is 2. The maximum absolute atomic E-state index is 12.7. The van der Waals surface area contributed by atoms with Crippen molar-refractivity contribution in [3.63, 3.8) is 0 Å². The number of furan rings is 1. The first-order valence-electron chi connectivity index (χ1n) is 10.5. The number of rotatable bonds is 7. The lowest BCUT2D eigenvalue weighted by Gasteiger charge is -2.24. The fourth-order valence-corrected chi connectivity index (χ4v) is 4.81. The highest BCUT2D eigenvalue weighted by Gasteiger charge is 2.37. The van der Waals surface area contributed by atoms with Gasteiger partial charge < -0.3 is 13.9 Å². The second-order valence-electron chi connectivity index (χ2n) is 7.62. The molecule has 0 aliphatic carbocycles. The van der Waals surface area contributed by atoms with Crippen molar-refractivity contribution >= 4 is 57.8 Å². The van der Waals surface area contributed by atoms with Gasteiger partial charge in [0.15, 0.2) is 16.7 Å². The van der Waals surface area contributed by atoms with Crippen LogP contribution in [0.3, 0.4) is 0 Å². The molecule has 34 heavy (non-hydrogen) atoms. The number of esters is 1. The van der Waals surface area contributed by atoms with Crippen molar-refractivity contribution in [3.05, 3.63) is 53.5 Å². The predicted octanol–water partition coefficient (Wildman–Crippen LogP) is 4.86. The molecule has 0 unspecified atom stereocenters. The second-order valence-corrected chi connectivity index (χ2v) is 9.34. The first-order chi connectivity index (χ1) is 16.4. The molecule has 0 fully saturated rings. The van der Waals surface area contributed by atoms with E-state index in [9.17, 15) is 9.59 Å². The Balaban J connectivity index is 1.59. The lowest BCUT2D eigenvalue weighted by molar-refractivity contribution is -0.114. The van der Waals surface area contributed by atoms with Gasteiger partial charge in [0, 0.05) is 5.75 Å². The molecule has 4 rings (SSSR count). The molecule has 0 radical (unpaired) electrons. The molecule has 0 spiro atoms. The van der Waals surface area contributed by atoms with Gasteiger partial charge in [-0.1, -0.05) is 31.7 Å². The Kier molecular flexibility index (Phi) is 7.23. The van der Waals surface area contributed by atoms with E-state index in [-0.39, 0.29) is 22.9 Å². The summed E-state index contributed by atoms with van der Waals surface area (Å²) in [5.41, 5.74) is 0.722. The highest BCUT2D eigenvalue weighted by molar-refractivity contribution is 8.19. The number of carbonyl (C=O) groups is 2. The maximum Gasteiger partial charge on any atom is 0.379 e. The molecule has 0 saturated heterocycles. The number of aliphatic imine (C=N–C) groups is 1. The summed E-state index contributed by atoms with van der Waals surface area (Å²) in [5, 5.41) is 9.67. The summed E-state index contributed by atoms with van der Waals surface area (Å²) in [4.78, 5) is 30.6. The van der Waals surface area contributed by atoms with Crippen LogP contribution in [0.25, 0.3) is 6.08 Å². The van der Waals surface area contributed by atoms with Gasteiger partial charge in [-0.15, -0.1) is 0 Å². The Labute approximate surface area is 204 Å². The number of amides is 1. The van der Waals surface area contributed by atoms with E-state index < -0.39 is 11.9 Å². The number of thioether (sulfide) groups is 1. The second kappa shape index (κ2) is 10.3. The molecular weight excluding hydrogens is 476 g/mol. The zero-order chi connectivity index (χ0) is 24.2. The number of fused-ring (bicyclic) bond motifs is 1. The summed E-state index contributed by atoms with van der Waals surface area (Å²) < 4.78 is 20.5. The quantitative estimate of drug-likeness (QED) is 0.249. The van der Waals surface area contributed by atoms with Gasteiger partial charge in [0.2, 0.25) is 10.9 Å². The van der Waals surface area contributed by atoms with E-state index in [1.807, 2.05) is 0 Å². The summed E-state index contributed by atoms with van der Waals surface area (Å²) in [6, 6.07) is 7.98. The Bertz CT molecular complexity index is 1220. The molecule has 1 amide bonds. The molecule has 11 heteroatoms. The van der Waals surface area contributed by atoms with Crippen LogP contribution in [-0.2, 0) is 4.79 Å². The summed E-state index contributed by atoms with van der Waals surface area (Å²) in [5.74, 6) is 0.737. The molecule has 2 aromatic rings.